The van der Waals surface area contributed by atoms with Gasteiger partial charge < -0.3 is 9.84 Å². The molecule has 0 unspecified atom stereocenters. The standard InChI is InChI=1S/C30H39N3O4S/c1-30(2,3)17-16-25-19-26(27(38-25)29(35)36)33(28(34)21-9-6-5-7-10-21)32(4)22-12-14-23(15-13-22)37-24-11-8-18-31-20-24/h8,11,18-23H,5-7,9-10,12-15H2,1-4H3,(H,35,36)/t22-,23-. The van der Waals surface area contributed by atoms with Crippen LogP contribution in [0.5, 0.6) is 5.75 Å². The van der Waals surface area contributed by atoms with Gasteiger partial charge >= 0.3 is 5.97 Å². The van der Waals surface area contributed by atoms with E-state index in [-0.39, 0.29) is 34.3 Å². The average Bonchev–Trinajstić information content (AvgIpc) is 3.33. The lowest BCUT2D eigenvalue weighted by Crippen LogP contribution is -2.53. The maximum absolute atomic E-state index is 14.0. The molecule has 2 aromatic rings. The van der Waals surface area contributed by atoms with E-state index in [1.807, 2.05) is 45.0 Å². The van der Waals surface area contributed by atoms with Crippen molar-refractivity contribution in [1.82, 2.24) is 9.99 Å². The predicted molar refractivity (Wildman–Crippen MR) is 150 cm³/mol. The quantitative estimate of drug-likeness (QED) is 0.326. The lowest BCUT2D eigenvalue weighted by atomic mass is 9.88. The van der Waals surface area contributed by atoms with Crippen LogP contribution in [0.25, 0.3) is 0 Å². The van der Waals surface area contributed by atoms with Crippen molar-refractivity contribution in [2.75, 3.05) is 12.1 Å². The number of anilines is 1. The molecule has 0 atom stereocenters. The molecule has 2 aliphatic carbocycles. The monoisotopic (exact) mass is 537 g/mol. The molecule has 2 aromatic heterocycles. The zero-order chi connectivity index (χ0) is 27.3. The third kappa shape index (κ3) is 7.15. The van der Waals surface area contributed by atoms with Gasteiger partial charge in [-0.3, -0.25) is 9.78 Å². The number of carboxylic acid groups (broad SMARTS) is 1. The SMILES string of the molecule is CN([C@H]1CC[C@H](Oc2cccnc2)CC1)N(C(=O)C1CCCCC1)c1cc(C#CC(C)(C)C)sc1C(=O)O. The van der Waals surface area contributed by atoms with Crippen LogP contribution in [0.2, 0.25) is 0 Å². The van der Waals surface area contributed by atoms with E-state index in [1.54, 1.807) is 23.5 Å². The molecule has 0 bridgehead atoms. The maximum Gasteiger partial charge on any atom is 0.348 e. The van der Waals surface area contributed by atoms with E-state index in [1.165, 1.54) is 0 Å². The van der Waals surface area contributed by atoms with Crippen LogP contribution in [-0.2, 0) is 4.79 Å². The molecule has 0 saturated heterocycles. The van der Waals surface area contributed by atoms with Crippen LogP contribution in [0, 0.1) is 23.2 Å². The Kier molecular flexibility index (Phi) is 9.11. The van der Waals surface area contributed by atoms with Gasteiger partial charge in [0.05, 0.1) is 22.9 Å². The summed E-state index contributed by atoms with van der Waals surface area (Å²) in [6.45, 7) is 6.06. The molecule has 204 valence electrons. The minimum Gasteiger partial charge on any atom is -0.489 e. The third-order valence-corrected chi connectivity index (χ3v) is 8.31. The molecule has 2 saturated carbocycles. The highest BCUT2D eigenvalue weighted by molar-refractivity contribution is 7.15. The molecule has 2 aliphatic rings. The number of nitrogens with zero attached hydrogens (tertiary/aromatic N) is 3. The summed E-state index contributed by atoms with van der Waals surface area (Å²) in [6, 6.07) is 5.67. The number of carbonyl (C=O) groups is 2. The van der Waals surface area contributed by atoms with Crippen molar-refractivity contribution in [3.05, 3.63) is 40.3 Å². The van der Waals surface area contributed by atoms with Crippen molar-refractivity contribution in [3.63, 3.8) is 0 Å². The summed E-state index contributed by atoms with van der Waals surface area (Å²) in [4.78, 5) is 31.3. The third-order valence-electron chi connectivity index (χ3n) is 7.28. The van der Waals surface area contributed by atoms with E-state index < -0.39 is 5.97 Å². The van der Waals surface area contributed by atoms with E-state index in [2.05, 4.69) is 16.8 Å². The van der Waals surface area contributed by atoms with Gasteiger partial charge in [-0.15, -0.1) is 11.3 Å². The second-order valence-corrected chi connectivity index (χ2v) is 12.5. The Balaban J connectivity index is 1.59. The van der Waals surface area contributed by atoms with E-state index in [9.17, 15) is 14.7 Å². The first-order chi connectivity index (χ1) is 18.1. The Bertz CT molecular complexity index is 1160. The second kappa shape index (κ2) is 12.3. The summed E-state index contributed by atoms with van der Waals surface area (Å²) in [5.41, 5.74) is 0.228. The second-order valence-electron chi connectivity index (χ2n) is 11.4. The van der Waals surface area contributed by atoms with Crippen molar-refractivity contribution >= 4 is 28.9 Å². The topological polar surface area (TPSA) is 83.0 Å². The number of amides is 1. The Morgan fingerprint density at radius 3 is 2.42 bits per heavy atom. The van der Waals surface area contributed by atoms with Gasteiger partial charge in [-0.05, 0) is 77.5 Å². The van der Waals surface area contributed by atoms with Gasteiger partial charge in [-0.25, -0.2) is 14.8 Å². The van der Waals surface area contributed by atoms with E-state index >= 15 is 0 Å². The summed E-state index contributed by atoms with van der Waals surface area (Å²) in [7, 11) is 1.93. The smallest absolute Gasteiger partial charge is 0.348 e. The Morgan fingerprint density at radius 2 is 1.82 bits per heavy atom. The molecule has 4 rings (SSSR count). The Labute approximate surface area is 230 Å². The minimum atomic E-state index is -1.03. The molecule has 2 heterocycles. The van der Waals surface area contributed by atoms with Crippen LogP contribution in [0.15, 0.2) is 30.6 Å². The number of thiophene rings is 1. The zero-order valence-corrected chi connectivity index (χ0v) is 23.7. The first kappa shape index (κ1) is 28.1. The molecule has 1 amide bonds. The number of rotatable bonds is 7. The highest BCUT2D eigenvalue weighted by Gasteiger charge is 2.37. The normalized spacial score (nSPS) is 20.4. The van der Waals surface area contributed by atoms with Gasteiger partial charge in [0.25, 0.3) is 0 Å². The molecule has 0 radical (unpaired) electrons. The first-order valence-electron chi connectivity index (χ1n) is 13.7. The lowest BCUT2D eigenvalue weighted by Gasteiger charge is -2.42. The fourth-order valence-corrected chi connectivity index (χ4v) is 6.11. The van der Waals surface area contributed by atoms with E-state index in [4.69, 9.17) is 4.74 Å². The number of aromatic carboxylic acids is 1. The molecule has 7 nitrogen and oxygen atoms in total. The predicted octanol–water partition coefficient (Wildman–Crippen LogP) is 6.39. The van der Waals surface area contributed by atoms with Crippen LogP contribution >= 0.6 is 11.3 Å². The number of hydrogen-bond donors (Lipinski definition) is 1. The molecule has 0 aromatic carbocycles. The molecule has 0 spiro atoms. The summed E-state index contributed by atoms with van der Waals surface area (Å²) >= 11 is 1.15. The summed E-state index contributed by atoms with van der Waals surface area (Å²) in [5.74, 6) is 5.99. The van der Waals surface area contributed by atoms with Gasteiger partial charge in [0.1, 0.15) is 10.6 Å². The number of aromatic nitrogens is 1. The number of hydrogen-bond acceptors (Lipinski definition) is 6. The summed E-state index contributed by atoms with van der Waals surface area (Å²) in [5, 5.41) is 13.8. The van der Waals surface area contributed by atoms with Crippen LogP contribution in [0.3, 0.4) is 0 Å². The largest absolute Gasteiger partial charge is 0.489 e. The summed E-state index contributed by atoms with van der Waals surface area (Å²) in [6.07, 6.45) is 11.9. The number of ether oxygens (including phenoxy) is 1. The fourth-order valence-electron chi connectivity index (χ4n) is 5.28. The van der Waals surface area contributed by atoms with Gasteiger partial charge in [-0.2, -0.15) is 0 Å². The first-order valence-corrected chi connectivity index (χ1v) is 14.5. The van der Waals surface area contributed by atoms with Gasteiger partial charge in [-0.1, -0.05) is 31.1 Å². The van der Waals surface area contributed by atoms with Crippen molar-refractivity contribution in [1.29, 1.82) is 0 Å². The van der Waals surface area contributed by atoms with Crippen LogP contribution in [0.1, 0.15) is 93.1 Å². The number of hydrazine groups is 1. The number of carbonyl (C=O) groups excluding carboxylic acids is 1. The maximum atomic E-state index is 14.0. The van der Waals surface area contributed by atoms with E-state index in [0.29, 0.717) is 10.6 Å². The van der Waals surface area contributed by atoms with Crippen LogP contribution < -0.4 is 9.75 Å². The number of carboxylic acids is 1. The highest BCUT2D eigenvalue weighted by Crippen LogP contribution is 2.37. The molecule has 2 fully saturated rings. The molecule has 8 heteroatoms. The molecule has 0 aliphatic heterocycles. The molecular formula is C30H39N3O4S. The van der Waals surface area contributed by atoms with Crippen molar-refractivity contribution in [2.45, 2.75) is 90.7 Å². The Morgan fingerprint density at radius 1 is 1.11 bits per heavy atom. The van der Waals surface area contributed by atoms with Gasteiger partial charge in [0.2, 0.25) is 5.91 Å². The van der Waals surface area contributed by atoms with Gasteiger partial charge in [0.15, 0.2) is 0 Å². The Hall–Kier alpha value is -2.89. The minimum absolute atomic E-state index is 0.00318. The van der Waals surface area contributed by atoms with Crippen molar-refractivity contribution in [3.8, 4) is 17.6 Å². The van der Waals surface area contributed by atoms with Gasteiger partial charge in [0, 0.05) is 30.6 Å². The van der Waals surface area contributed by atoms with E-state index in [0.717, 1.165) is 74.9 Å². The zero-order valence-electron chi connectivity index (χ0n) is 22.9. The highest BCUT2D eigenvalue weighted by atomic mass is 32.1. The summed E-state index contributed by atoms with van der Waals surface area (Å²) < 4.78 is 6.13. The van der Waals surface area contributed by atoms with Crippen LogP contribution in [-0.4, -0.2) is 46.2 Å². The van der Waals surface area contributed by atoms with Crippen LogP contribution in [0.4, 0.5) is 5.69 Å². The molecule has 38 heavy (non-hydrogen) atoms. The van der Waals surface area contributed by atoms with Crippen molar-refractivity contribution in [2.24, 2.45) is 11.3 Å². The lowest BCUT2D eigenvalue weighted by molar-refractivity contribution is -0.127. The average molecular weight is 538 g/mol. The van der Waals surface area contributed by atoms with Crippen molar-refractivity contribution < 1.29 is 19.4 Å². The molecule has 1 N–H and O–H groups in total. The molecular weight excluding hydrogens is 498 g/mol. The fraction of sp³-hybridized carbons (Fsp3) is 0.567. The number of pyridine rings is 1.